The zero-order valence-corrected chi connectivity index (χ0v) is 5.14. The molecule has 0 aliphatic heterocycles. The molecule has 0 aromatic rings. The highest BCUT2D eigenvalue weighted by Gasteiger charge is 2.58. The molecule has 4 fully saturated rings. The van der Waals surface area contributed by atoms with Gasteiger partial charge in [0.1, 0.15) is 0 Å². The Morgan fingerprint density at radius 3 is 1.75 bits per heavy atom. The SMILES string of the molecule is C1CC2[C@H]3CC1C[C@@H]23. The van der Waals surface area contributed by atoms with Crippen molar-refractivity contribution in [3.05, 3.63) is 0 Å². The molecule has 0 N–H and O–H groups in total. The molecule has 4 aliphatic rings. The summed E-state index contributed by atoms with van der Waals surface area (Å²) in [5.41, 5.74) is 0. The average Bonchev–Trinajstić information content (AvgIpc) is 2.38. The molecule has 4 atom stereocenters. The van der Waals surface area contributed by atoms with Gasteiger partial charge in [-0.15, -0.1) is 0 Å². The van der Waals surface area contributed by atoms with Gasteiger partial charge in [-0.3, -0.25) is 0 Å². The topological polar surface area (TPSA) is 0 Å². The van der Waals surface area contributed by atoms with Crippen molar-refractivity contribution < 1.29 is 0 Å². The van der Waals surface area contributed by atoms with Gasteiger partial charge in [0.05, 0.1) is 0 Å². The van der Waals surface area contributed by atoms with Gasteiger partial charge in [-0.2, -0.15) is 0 Å². The van der Waals surface area contributed by atoms with E-state index < -0.39 is 0 Å². The second kappa shape index (κ2) is 0.984. The van der Waals surface area contributed by atoms with Gasteiger partial charge in [-0.1, -0.05) is 6.42 Å². The Bertz CT molecular complexity index is 107. The van der Waals surface area contributed by atoms with Gasteiger partial charge in [-0.05, 0) is 42.9 Å². The smallest absolute Gasteiger partial charge is 0.0349 e. The highest BCUT2D eigenvalue weighted by atomic mass is 14.6. The van der Waals surface area contributed by atoms with Crippen molar-refractivity contribution in [2.24, 2.45) is 23.7 Å². The predicted molar refractivity (Wildman–Crippen MR) is 32.4 cm³/mol. The molecule has 8 heavy (non-hydrogen) atoms. The molecular formula is C8H12. The summed E-state index contributed by atoms with van der Waals surface area (Å²) in [6.07, 6.45) is 6.42. The van der Waals surface area contributed by atoms with Crippen molar-refractivity contribution in [1.82, 2.24) is 0 Å². The zero-order chi connectivity index (χ0) is 5.14. The molecule has 4 aliphatic carbocycles. The fraction of sp³-hybridized carbons (Fsp3) is 1.00. The van der Waals surface area contributed by atoms with Crippen LogP contribution in [0.2, 0.25) is 0 Å². The summed E-state index contributed by atoms with van der Waals surface area (Å²) in [4.78, 5) is 0. The number of rotatable bonds is 0. The van der Waals surface area contributed by atoms with E-state index in [0.29, 0.717) is 0 Å². The lowest BCUT2D eigenvalue weighted by Crippen LogP contribution is -2.08. The van der Waals surface area contributed by atoms with E-state index in [-0.39, 0.29) is 0 Å². The van der Waals surface area contributed by atoms with Gasteiger partial charge in [0.25, 0.3) is 0 Å². The van der Waals surface area contributed by atoms with E-state index >= 15 is 0 Å². The van der Waals surface area contributed by atoms with Crippen LogP contribution in [-0.2, 0) is 0 Å². The molecule has 0 nitrogen and oxygen atoms in total. The number of hydrogen-bond acceptors (Lipinski definition) is 0. The molecule has 0 heteroatoms. The summed E-state index contributed by atoms with van der Waals surface area (Å²) >= 11 is 0. The first kappa shape index (κ1) is 3.92. The van der Waals surface area contributed by atoms with Crippen LogP contribution in [0.15, 0.2) is 0 Å². The molecule has 0 aromatic carbocycles. The predicted octanol–water partition coefficient (Wildman–Crippen LogP) is 2.05. The molecule has 4 saturated carbocycles. The molecule has 0 saturated heterocycles. The first-order chi connectivity index (χ1) is 3.95. The second-order valence-corrected chi connectivity index (χ2v) is 3.91. The first-order valence-electron chi connectivity index (χ1n) is 3.95. The Kier molecular flexibility index (Phi) is 0.482. The van der Waals surface area contributed by atoms with E-state index in [4.69, 9.17) is 0 Å². The second-order valence-electron chi connectivity index (χ2n) is 3.91. The first-order valence-corrected chi connectivity index (χ1v) is 3.95. The molecule has 4 rings (SSSR count). The van der Waals surface area contributed by atoms with Crippen LogP contribution in [0.1, 0.15) is 25.7 Å². The highest BCUT2D eigenvalue weighted by molar-refractivity contribution is 5.07. The van der Waals surface area contributed by atoms with Gasteiger partial charge >= 0.3 is 0 Å². The van der Waals surface area contributed by atoms with E-state index in [1.807, 2.05) is 0 Å². The van der Waals surface area contributed by atoms with Crippen LogP contribution in [0.25, 0.3) is 0 Å². The summed E-state index contributed by atoms with van der Waals surface area (Å²) in [6, 6.07) is 0. The minimum absolute atomic E-state index is 1.19. The third-order valence-electron chi connectivity index (χ3n) is 3.63. The van der Waals surface area contributed by atoms with Crippen molar-refractivity contribution in [2.75, 3.05) is 0 Å². The van der Waals surface area contributed by atoms with Gasteiger partial charge < -0.3 is 0 Å². The van der Waals surface area contributed by atoms with E-state index in [2.05, 4.69) is 0 Å². The lowest BCUT2D eigenvalue weighted by Gasteiger charge is -2.20. The monoisotopic (exact) mass is 108 g/mol. The Morgan fingerprint density at radius 2 is 1.50 bits per heavy atom. The van der Waals surface area contributed by atoms with Gasteiger partial charge in [0.15, 0.2) is 0 Å². The van der Waals surface area contributed by atoms with Crippen molar-refractivity contribution in [1.29, 1.82) is 0 Å². The molecule has 0 spiro atoms. The lowest BCUT2D eigenvalue weighted by atomic mass is 9.86. The summed E-state index contributed by atoms with van der Waals surface area (Å²) in [5, 5.41) is 0. The number of fused-ring (bicyclic) bond motifs is 1. The van der Waals surface area contributed by atoms with Crippen molar-refractivity contribution >= 4 is 0 Å². The maximum absolute atomic E-state index is 1.62. The van der Waals surface area contributed by atoms with Gasteiger partial charge in [0, 0.05) is 0 Å². The number of hydrogen-bond donors (Lipinski definition) is 0. The van der Waals surface area contributed by atoms with Crippen molar-refractivity contribution in [3.8, 4) is 0 Å². The van der Waals surface area contributed by atoms with Crippen LogP contribution < -0.4 is 0 Å². The highest BCUT2D eigenvalue weighted by Crippen LogP contribution is 2.66. The molecule has 2 unspecified atom stereocenters. The van der Waals surface area contributed by atoms with Crippen LogP contribution in [0.3, 0.4) is 0 Å². The molecule has 4 bridgehead atoms. The Balaban J connectivity index is 1.99. The van der Waals surface area contributed by atoms with Gasteiger partial charge in [-0.25, -0.2) is 0 Å². The van der Waals surface area contributed by atoms with Crippen LogP contribution in [0.5, 0.6) is 0 Å². The molecule has 0 radical (unpaired) electrons. The van der Waals surface area contributed by atoms with Gasteiger partial charge in [0.2, 0.25) is 0 Å². The summed E-state index contributed by atoms with van der Waals surface area (Å²) in [7, 11) is 0. The largest absolute Gasteiger partial charge is 0.0501 e. The summed E-state index contributed by atoms with van der Waals surface area (Å²) < 4.78 is 0. The Morgan fingerprint density at radius 1 is 0.750 bits per heavy atom. The van der Waals surface area contributed by atoms with E-state index in [1.54, 1.807) is 25.7 Å². The zero-order valence-electron chi connectivity index (χ0n) is 5.14. The fourth-order valence-electron chi connectivity index (χ4n) is 3.18. The molecule has 44 valence electrons. The standard InChI is InChI=1S/C8H12/c1-2-6-7-3-5(1)4-8(6)7/h5-8H,1-4H2/t5?,6?,7-,8+. The minimum Gasteiger partial charge on any atom is -0.0501 e. The summed E-state index contributed by atoms with van der Waals surface area (Å²) in [5.74, 6) is 4.91. The normalized spacial score (nSPS) is 66.0. The van der Waals surface area contributed by atoms with Crippen LogP contribution >= 0.6 is 0 Å². The molecule has 0 amide bonds. The van der Waals surface area contributed by atoms with Crippen LogP contribution in [-0.4, -0.2) is 0 Å². The lowest BCUT2D eigenvalue weighted by molar-refractivity contribution is 0.316. The third kappa shape index (κ3) is 0.284. The Hall–Kier alpha value is 0. The maximum atomic E-state index is 1.62. The van der Waals surface area contributed by atoms with Crippen molar-refractivity contribution in [3.63, 3.8) is 0 Å². The fourth-order valence-corrected chi connectivity index (χ4v) is 3.18. The van der Waals surface area contributed by atoms with Crippen molar-refractivity contribution in [2.45, 2.75) is 25.7 Å². The minimum atomic E-state index is 1.19. The van der Waals surface area contributed by atoms with Crippen LogP contribution in [0, 0.1) is 23.7 Å². The molecular weight excluding hydrogens is 96.1 g/mol. The third-order valence-corrected chi connectivity index (χ3v) is 3.63. The molecule has 0 aromatic heterocycles. The molecule has 0 heterocycles. The quantitative estimate of drug-likeness (QED) is 0.445. The average molecular weight is 108 g/mol. The Labute approximate surface area is 50.3 Å². The van der Waals surface area contributed by atoms with E-state index in [0.717, 1.165) is 0 Å². The van der Waals surface area contributed by atoms with E-state index in [1.165, 1.54) is 23.7 Å². The summed E-state index contributed by atoms with van der Waals surface area (Å²) in [6.45, 7) is 0. The van der Waals surface area contributed by atoms with E-state index in [9.17, 15) is 0 Å². The van der Waals surface area contributed by atoms with Crippen LogP contribution in [0.4, 0.5) is 0 Å². The maximum Gasteiger partial charge on any atom is -0.0349 e.